The van der Waals surface area contributed by atoms with Gasteiger partial charge in [0.1, 0.15) is 23.3 Å². The summed E-state index contributed by atoms with van der Waals surface area (Å²) in [5, 5.41) is 36.6. The van der Waals surface area contributed by atoms with E-state index in [2.05, 4.69) is 24.3 Å². The molecule has 0 radical (unpaired) electrons. The molecule has 7 nitrogen and oxygen atoms in total. The second-order valence-electron chi connectivity index (χ2n) is 10.2. The van der Waals surface area contributed by atoms with Crippen LogP contribution in [0.4, 0.5) is 17.1 Å². The minimum atomic E-state index is -1.28. The third-order valence-corrected chi connectivity index (χ3v) is 7.23. The summed E-state index contributed by atoms with van der Waals surface area (Å²) in [4.78, 5) is 24.5. The summed E-state index contributed by atoms with van der Waals surface area (Å²) in [6, 6.07) is 26.0. The fraction of sp³-hybridized carbons (Fsp3) is 0.200. The lowest BCUT2D eigenvalue weighted by atomic mass is 9.89. The first kappa shape index (κ1) is 29.6. The molecule has 0 unspecified atom stereocenters. The molecule has 0 aromatic heterocycles. The van der Waals surface area contributed by atoms with E-state index in [0.717, 1.165) is 23.5 Å². The number of anilines is 3. The van der Waals surface area contributed by atoms with Crippen LogP contribution in [0.2, 0.25) is 0 Å². The topological polar surface area (TPSA) is 125 Å². The van der Waals surface area contributed by atoms with Gasteiger partial charge in [0.25, 0.3) is 0 Å². The molecule has 1 aliphatic carbocycles. The standard InChI is InChI=1S/C35H31N3O4/c36-23-29(34(39)40)21-27-11-17-32(18-12-27)38(33-19-13-28(14-20-33)22-30(24-37)35(41)42)31-15-9-26(10-16-31)8-4-7-25-5-2-1-3-6-25/h4,7,9-22,25H,1-3,5-6,8H2,(H,39,40)(H,41,42). The molecule has 0 spiro atoms. The molecule has 3 aromatic carbocycles. The Bertz CT molecular complexity index is 1490. The first-order valence-electron chi connectivity index (χ1n) is 13.8. The third kappa shape index (κ3) is 7.84. The molecule has 0 bridgehead atoms. The third-order valence-electron chi connectivity index (χ3n) is 7.23. The summed E-state index contributed by atoms with van der Waals surface area (Å²) in [6.07, 6.45) is 14.6. The number of nitrogens with zero attached hydrogens (tertiary/aromatic N) is 3. The molecule has 1 fully saturated rings. The van der Waals surface area contributed by atoms with Crippen molar-refractivity contribution < 1.29 is 19.8 Å². The number of nitriles is 2. The average molecular weight is 558 g/mol. The summed E-state index contributed by atoms with van der Waals surface area (Å²) >= 11 is 0. The molecule has 0 amide bonds. The fourth-order valence-electron chi connectivity index (χ4n) is 5.01. The van der Waals surface area contributed by atoms with Gasteiger partial charge >= 0.3 is 11.9 Å². The monoisotopic (exact) mass is 557 g/mol. The van der Waals surface area contributed by atoms with Crippen LogP contribution in [-0.4, -0.2) is 22.2 Å². The molecule has 0 saturated heterocycles. The smallest absolute Gasteiger partial charge is 0.346 e. The minimum absolute atomic E-state index is 0.352. The van der Waals surface area contributed by atoms with Crippen molar-refractivity contribution in [2.45, 2.75) is 38.5 Å². The molecule has 0 heterocycles. The number of hydrogen-bond acceptors (Lipinski definition) is 5. The van der Waals surface area contributed by atoms with E-state index >= 15 is 0 Å². The van der Waals surface area contributed by atoms with Crippen molar-refractivity contribution in [2.24, 2.45) is 5.92 Å². The lowest BCUT2D eigenvalue weighted by molar-refractivity contribution is -0.133. The number of carboxylic acids is 2. The van der Waals surface area contributed by atoms with Gasteiger partial charge in [0.2, 0.25) is 0 Å². The van der Waals surface area contributed by atoms with Gasteiger partial charge < -0.3 is 15.1 Å². The SMILES string of the molecule is N#CC(=Cc1ccc(N(c2ccc(C=C(C#N)C(=O)O)cc2)c2ccc(CC=CC3CCCCC3)cc2)cc1)C(=O)O. The maximum absolute atomic E-state index is 11.2. The van der Waals surface area contributed by atoms with E-state index in [-0.39, 0.29) is 11.1 Å². The van der Waals surface area contributed by atoms with E-state index in [1.165, 1.54) is 49.8 Å². The Balaban J connectivity index is 1.63. The van der Waals surface area contributed by atoms with Crippen molar-refractivity contribution in [3.8, 4) is 12.1 Å². The number of carbonyl (C=O) groups is 2. The average Bonchev–Trinajstić information content (AvgIpc) is 3.01. The molecule has 7 heteroatoms. The van der Waals surface area contributed by atoms with Crippen LogP contribution in [0.25, 0.3) is 12.2 Å². The zero-order chi connectivity index (χ0) is 29.9. The van der Waals surface area contributed by atoms with Gasteiger partial charge in [-0.15, -0.1) is 0 Å². The van der Waals surface area contributed by atoms with Crippen molar-refractivity contribution in [3.63, 3.8) is 0 Å². The van der Waals surface area contributed by atoms with Crippen LogP contribution in [0, 0.1) is 28.6 Å². The molecule has 1 aliphatic rings. The molecular weight excluding hydrogens is 526 g/mol. The number of hydrogen-bond donors (Lipinski definition) is 2. The maximum Gasteiger partial charge on any atom is 0.346 e. The predicted octanol–water partition coefficient (Wildman–Crippen LogP) is 7.82. The molecular formula is C35H31N3O4. The second-order valence-corrected chi connectivity index (χ2v) is 10.2. The number of allylic oxidation sites excluding steroid dienone is 2. The summed E-state index contributed by atoms with van der Waals surface area (Å²) in [5.74, 6) is -1.88. The van der Waals surface area contributed by atoms with Gasteiger partial charge in [0.05, 0.1) is 0 Å². The van der Waals surface area contributed by atoms with Crippen molar-refractivity contribution in [1.82, 2.24) is 0 Å². The predicted molar refractivity (Wildman–Crippen MR) is 163 cm³/mol. The van der Waals surface area contributed by atoms with Gasteiger partial charge in [0, 0.05) is 17.1 Å². The zero-order valence-electron chi connectivity index (χ0n) is 23.1. The molecule has 2 N–H and O–H groups in total. The summed E-state index contributed by atoms with van der Waals surface area (Å²) in [7, 11) is 0. The van der Waals surface area contributed by atoms with Gasteiger partial charge in [0.15, 0.2) is 0 Å². The van der Waals surface area contributed by atoms with Crippen LogP contribution < -0.4 is 4.90 Å². The quantitative estimate of drug-likeness (QED) is 0.148. The normalized spacial score (nSPS) is 14.2. The summed E-state index contributed by atoms with van der Waals surface area (Å²) in [6.45, 7) is 0. The Labute approximate surface area is 245 Å². The van der Waals surface area contributed by atoms with Crippen LogP contribution in [0.1, 0.15) is 48.8 Å². The molecule has 3 aromatic rings. The Morgan fingerprint density at radius 2 is 1.14 bits per heavy atom. The van der Waals surface area contributed by atoms with Gasteiger partial charge in [-0.2, -0.15) is 10.5 Å². The van der Waals surface area contributed by atoms with E-state index in [0.29, 0.717) is 17.0 Å². The molecule has 210 valence electrons. The Hall–Kier alpha value is -5.40. The van der Waals surface area contributed by atoms with E-state index in [1.807, 2.05) is 41.3 Å². The molecule has 1 saturated carbocycles. The lowest BCUT2D eigenvalue weighted by Crippen LogP contribution is -2.10. The van der Waals surface area contributed by atoms with Crippen molar-refractivity contribution in [3.05, 3.63) is 113 Å². The Morgan fingerprint density at radius 1 is 0.714 bits per heavy atom. The van der Waals surface area contributed by atoms with Gasteiger partial charge in [-0.1, -0.05) is 67.8 Å². The Kier molecular flexibility index (Phi) is 10.1. The maximum atomic E-state index is 11.2. The highest BCUT2D eigenvalue weighted by molar-refractivity contribution is 5.97. The minimum Gasteiger partial charge on any atom is -0.477 e. The fourth-order valence-corrected chi connectivity index (χ4v) is 5.01. The van der Waals surface area contributed by atoms with Crippen molar-refractivity contribution in [2.75, 3.05) is 4.90 Å². The number of carboxylic acid groups (broad SMARTS) is 2. The highest BCUT2D eigenvalue weighted by Gasteiger charge is 2.14. The molecule has 4 rings (SSSR count). The lowest BCUT2D eigenvalue weighted by Gasteiger charge is -2.26. The number of aliphatic carboxylic acids is 2. The molecule has 42 heavy (non-hydrogen) atoms. The molecule has 0 aliphatic heterocycles. The summed E-state index contributed by atoms with van der Waals surface area (Å²) in [5.41, 5.74) is 4.15. The Morgan fingerprint density at radius 3 is 1.55 bits per heavy atom. The summed E-state index contributed by atoms with van der Waals surface area (Å²) < 4.78 is 0. The highest BCUT2D eigenvalue weighted by Crippen LogP contribution is 2.35. The van der Waals surface area contributed by atoms with Gasteiger partial charge in [-0.3, -0.25) is 0 Å². The van der Waals surface area contributed by atoms with E-state index in [9.17, 15) is 19.8 Å². The largest absolute Gasteiger partial charge is 0.477 e. The van der Waals surface area contributed by atoms with Crippen LogP contribution >= 0.6 is 0 Å². The van der Waals surface area contributed by atoms with Crippen LogP contribution in [0.5, 0.6) is 0 Å². The van der Waals surface area contributed by atoms with E-state index < -0.39 is 11.9 Å². The first-order valence-corrected chi connectivity index (χ1v) is 13.8. The number of benzene rings is 3. The van der Waals surface area contributed by atoms with E-state index in [4.69, 9.17) is 10.5 Å². The molecule has 0 atom stereocenters. The van der Waals surface area contributed by atoms with Crippen molar-refractivity contribution in [1.29, 1.82) is 10.5 Å². The van der Waals surface area contributed by atoms with Crippen LogP contribution in [-0.2, 0) is 16.0 Å². The van der Waals surface area contributed by atoms with E-state index in [1.54, 1.807) is 36.4 Å². The van der Waals surface area contributed by atoms with Crippen LogP contribution in [0.3, 0.4) is 0 Å². The van der Waals surface area contributed by atoms with Gasteiger partial charge in [-0.25, -0.2) is 9.59 Å². The van der Waals surface area contributed by atoms with Gasteiger partial charge in [-0.05, 0) is 90.4 Å². The highest BCUT2D eigenvalue weighted by atomic mass is 16.4. The van der Waals surface area contributed by atoms with Crippen molar-refractivity contribution >= 4 is 41.2 Å². The first-order chi connectivity index (χ1) is 20.4. The number of rotatable bonds is 10. The van der Waals surface area contributed by atoms with Crippen LogP contribution in [0.15, 0.2) is 96.1 Å². The zero-order valence-corrected chi connectivity index (χ0v) is 23.1. The second kappa shape index (κ2) is 14.3.